The number of hydrogen-bond acceptors (Lipinski definition) is 4. The van der Waals surface area contributed by atoms with Crippen molar-refractivity contribution in [2.45, 2.75) is 59.3 Å². The first-order valence-corrected chi connectivity index (χ1v) is 7.95. The van der Waals surface area contributed by atoms with Crippen molar-refractivity contribution < 1.29 is 0 Å². The van der Waals surface area contributed by atoms with Crippen molar-refractivity contribution >= 4 is 11.6 Å². The Labute approximate surface area is 123 Å². The standard InChI is InChI=1S/C16H30N4/c1-5-14-19-15(17-4)12-16(20-14)18-11-9-7-6-8-10-13(2)3/h12-13H,5-11H2,1-4H3,(H2,17,18,19,20). The minimum Gasteiger partial charge on any atom is -0.373 e. The van der Waals surface area contributed by atoms with E-state index in [4.69, 9.17) is 0 Å². The van der Waals surface area contributed by atoms with Crippen LogP contribution < -0.4 is 10.6 Å². The zero-order chi connectivity index (χ0) is 14.8. The third-order valence-electron chi connectivity index (χ3n) is 3.36. The molecule has 1 aromatic rings. The SMILES string of the molecule is CCc1nc(NC)cc(NCCCCCCC(C)C)n1. The summed E-state index contributed by atoms with van der Waals surface area (Å²) in [5, 5.41) is 6.48. The molecule has 2 N–H and O–H groups in total. The van der Waals surface area contributed by atoms with E-state index in [1.807, 2.05) is 13.1 Å². The quantitative estimate of drug-likeness (QED) is 0.633. The summed E-state index contributed by atoms with van der Waals surface area (Å²) in [7, 11) is 1.89. The van der Waals surface area contributed by atoms with Gasteiger partial charge in [0.15, 0.2) is 0 Å². The first kappa shape index (κ1) is 16.7. The molecule has 0 saturated carbocycles. The van der Waals surface area contributed by atoms with Gasteiger partial charge >= 0.3 is 0 Å². The van der Waals surface area contributed by atoms with Gasteiger partial charge in [0.2, 0.25) is 0 Å². The van der Waals surface area contributed by atoms with Crippen LogP contribution in [0.15, 0.2) is 6.07 Å². The lowest BCUT2D eigenvalue weighted by atomic mass is 10.0. The second kappa shape index (κ2) is 9.56. The monoisotopic (exact) mass is 278 g/mol. The Morgan fingerprint density at radius 2 is 1.75 bits per heavy atom. The Morgan fingerprint density at radius 3 is 2.40 bits per heavy atom. The molecule has 0 aliphatic heterocycles. The number of anilines is 2. The Hall–Kier alpha value is -1.32. The van der Waals surface area contributed by atoms with E-state index >= 15 is 0 Å². The minimum absolute atomic E-state index is 0.835. The fourth-order valence-corrected chi connectivity index (χ4v) is 2.12. The van der Waals surface area contributed by atoms with Crippen LogP contribution in [0.1, 0.15) is 58.7 Å². The van der Waals surface area contributed by atoms with Gasteiger partial charge in [0.05, 0.1) is 0 Å². The van der Waals surface area contributed by atoms with Gasteiger partial charge in [-0.25, -0.2) is 9.97 Å². The van der Waals surface area contributed by atoms with Gasteiger partial charge < -0.3 is 10.6 Å². The number of nitrogens with one attached hydrogen (secondary N) is 2. The van der Waals surface area contributed by atoms with Crippen LogP contribution in [0.5, 0.6) is 0 Å². The highest BCUT2D eigenvalue weighted by atomic mass is 15.1. The third kappa shape index (κ3) is 6.73. The van der Waals surface area contributed by atoms with Crippen LogP contribution in [-0.4, -0.2) is 23.6 Å². The molecule has 0 unspecified atom stereocenters. The summed E-state index contributed by atoms with van der Waals surface area (Å²) in [5.41, 5.74) is 0. The van der Waals surface area contributed by atoms with Crippen LogP contribution in [-0.2, 0) is 6.42 Å². The largest absolute Gasteiger partial charge is 0.373 e. The van der Waals surface area contributed by atoms with Gasteiger partial charge in [0, 0.05) is 26.1 Å². The molecule has 20 heavy (non-hydrogen) atoms. The number of aryl methyl sites for hydroxylation is 1. The lowest BCUT2D eigenvalue weighted by molar-refractivity contribution is 0.523. The molecule has 0 atom stereocenters. The molecule has 0 fully saturated rings. The number of aromatic nitrogens is 2. The Kier molecular flexibility index (Phi) is 8.00. The first-order chi connectivity index (χ1) is 9.65. The summed E-state index contributed by atoms with van der Waals surface area (Å²) in [6.07, 6.45) is 7.41. The van der Waals surface area contributed by atoms with Crippen LogP contribution in [0.2, 0.25) is 0 Å². The second-order valence-electron chi connectivity index (χ2n) is 5.68. The Bertz CT molecular complexity index is 354. The molecule has 1 rings (SSSR count). The minimum atomic E-state index is 0.835. The maximum Gasteiger partial charge on any atom is 0.132 e. The van der Waals surface area contributed by atoms with Gasteiger partial charge in [-0.2, -0.15) is 0 Å². The predicted octanol–water partition coefficient (Wildman–Crippen LogP) is 4.10. The van der Waals surface area contributed by atoms with Crippen molar-refractivity contribution in [1.82, 2.24) is 9.97 Å². The van der Waals surface area contributed by atoms with Gasteiger partial charge in [-0.1, -0.05) is 46.5 Å². The molecule has 1 heterocycles. The van der Waals surface area contributed by atoms with Crippen molar-refractivity contribution in [2.24, 2.45) is 5.92 Å². The van der Waals surface area contributed by atoms with E-state index in [9.17, 15) is 0 Å². The zero-order valence-electron chi connectivity index (χ0n) is 13.5. The lowest BCUT2D eigenvalue weighted by Gasteiger charge is -2.09. The summed E-state index contributed by atoms with van der Waals surface area (Å²) < 4.78 is 0. The molecular formula is C16H30N4. The molecule has 4 nitrogen and oxygen atoms in total. The van der Waals surface area contributed by atoms with Crippen LogP contribution in [0, 0.1) is 5.92 Å². The zero-order valence-corrected chi connectivity index (χ0v) is 13.5. The molecule has 0 saturated heterocycles. The first-order valence-electron chi connectivity index (χ1n) is 7.95. The molecule has 4 heteroatoms. The van der Waals surface area contributed by atoms with E-state index in [1.54, 1.807) is 0 Å². The van der Waals surface area contributed by atoms with Crippen molar-refractivity contribution in [1.29, 1.82) is 0 Å². The van der Waals surface area contributed by atoms with Crippen molar-refractivity contribution in [3.63, 3.8) is 0 Å². The maximum atomic E-state index is 4.49. The molecule has 0 radical (unpaired) electrons. The Balaban J connectivity index is 2.24. The fourth-order valence-electron chi connectivity index (χ4n) is 2.12. The highest BCUT2D eigenvalue weighted by Crippen LogP contribution is 2.12. The van der Waals surface area contributed by atoms with Crippen molar-refractivity contribution in [3.8, 4) is 0 Å². The number of hydrogen-bond donors (Lipinski definition) is 2. The number of nitrogens with zero attached hydrogens (tertiary/aromatic N) is 2. The van der Waals surface area contributed by atoms with Crippen LogP contribution in [0.4, 0.5) is 11.6 Å². The molecule has 0 aromatic carbocycles. The van der Waals surface area contributed by atoms with E-state index in [2.05, 4.69) is 41.4 Å². The smallest absolute Gasteiger partial charge is 0.132 e. The molecular weight excluding hydrogens is 248 g/mol. The molecule has 0 amide bonds. The summed E-state index contributed by atoms with van der Waals surface area (Å²) >= 11 is 0. The number of unbranched alkanes of at least 4 members (excludes halogenated alkanes) is 3. The topological polar surface area (TPSA) is 49.8 Å². The van der Waals surface area contributed by atoms with E-state index in [0.29, 0.717) is 0 Å². The molecule has 0 aliphatic carbocycles. The molecule has 0 bridgehead atoms. The van der Waals surface area contributed by atoms with Crippen LogP contribution in [0.3, 0.4) is 0 Å². The fraction of sp³-hybridized carbons (Fsp3) is 0.750. The predicted molar refractivity (Wildman–Crippen MR) is 87.4 cm³/mol. The van der Waals surface area contributed by atoms with Gasteiger partial charge in [-0.15, -0.1) is 0 Å². The molecule has 114 valence electrons. The Morgan fingerprint density at radius 1 is 1.05 bits per heavy atom. The van der Waals surface area contributed by atoms with E-state index in [1.165, 1.54) is 32.1 Å². The van der Waals surface area contributed by atoms with E-state index < -0.39 is 0 Å². The molecule has 1 aromatic heterocycles. The highest BCUT2D eigenvalue weighted by Gasteiger charge is 2.02. The van der Waals surface area contributed by atoms with Crippen LogP contribution in [0.25, 0.3) is 0 Å². The second-order valence-corrected chi connectivity index (χ2v) is 5.68. The average Bonchev–Trinajstić information content (AvgIpc) is 2.45. The molecule has 0 spiro atoms. The van der Waals surface area contributed by atoms with Crippen LogP contribution >= 0.6 is 0 Å². The van der Waals surface area contributed by atoms with E-state index in [0.717, 1.165) is 36.3 Å². The lowest BCUT2D eigenvalue weighted by Crippen LogP contribution is -2.07. The van der Waals surface area contributed by atoms with Gasteiger partial charge in [0.1, 0.15) is 17.5 Å². The highest BCUT2D eigenvalue weighted by molar-refractivity contribution is 5.47. The summed E-state index contributed by atoms with van der Waals surface area (Å²) in [4.78, 5) is 8.89. The molecule has 0 aliphatic rings. The average molecular weight is 278 g/mol. The summed E-state index contributed by atoms with van der Waals surface area (Å²) in [5.74, 6) is 3.54. The summed E-state index contributed by atoms with van der Waals surface area (Å²) in [6.45, 7) is 7.65. The maximum absolute atomic E-state index is 4.49. The normalized spacial score (nSPS) is 10.8. The van der Waals surface area contributed by atoms with Gasteiger partial charge in [0.25, 0.3) is 0 Å². The van der Waals surface area contributed by atoms with Crippen molar-refractivity contribution in [3.05, 3.63) is 11.9 Å². The third-order valence-corrected chi connectivity index (χ3v) is 3.36. The van der Waals surface area contributed by atoms with Crippen molar-refractivity contribution in [2.75, 3.05) is 24.2 Å². The van der Waals surface area contributed by atoms with Gasteiger partial charge in [-0.05, 0) is 12.3 Å². The van der Waals surface area contributed by atoms with E-state index in [-0.39, 0.29) is 0 Å². The van der Waals surface area contributed by atoms with Gasteiger partial charge in [-0.3, -0.25) is 0 Å². The summed E-state index contributed by atoms with van der Waals surface area (Å²) in [6, 6.07) is 1.97. The number of rotatable bonds is 10.